The molecule has 0 aliphatic heterocycles. The number of hydrogen-bond donors (Lipinski definition) is 2. The molecular formula is C13H19FN2S. The summed E-state index contributed by atoms with van der Waals surface area (Å²) < 4.78 is 12.7. The predicted octanol–water partition coefficient (Wildman–Crippen LogP) is 2.94. The summed E-state index contributed by atoms with van der Waals surface area (Å²) in [6, 6.07) is 6.98. The maximum atomic E-state index is 12.7. The summed E-state index contributed by atoms with van der Waals surface area (Å²) in [7, 11) is 0. The van der Waals surface area contributed by atoms with Crippen molar-refractivity contribution in [2.24, 2.45) is 11.8 Å². The topological polar surface area (TPSA) is 38.0 Å². The summed E-state index contributed by atoms with van der Waals surface area (Å²) in [5.41, 5.74) is 2.87. The first kappa shape index (κ1) is 12.9. The van der Waals surface area contributed by atoms with Crippen LogP contribution in [-0.2, 0) is 0 Å². The van der Waals surface area contributed by atoms with Gasteiger partial charge >= 0.3 is 0 Å². The lowest BCUT2D eigenvalue weighted by molar-refractivity contribution is 0.501. The van der Waals surface area contributed by atoms with Gasteiger partial charge in [0, 0.05) is 16.7 Å². The third-order valence-electron chi connectivity index (χ3n) is 3.12. The first-order chi connectivity index (χ1) is 8.28. The molecule has 4 heteroatoms. The van der Waals surface area contributed by atoms with E-state index in [1.165, 1.54) is 31.4 Å². The number of hydrazine groups is 1. The molecule has 0 spiro atoms. The van der Waals surface area contributed by atoms with Crippen LogP contribution in [0.4, 0.5) is 4.39 Å². The van der Waals surface area contributed by atoms with E-state index in [0.717, 1.165) is 23.0 Å². The van der Waals surface area contributed by atoms with Crippen LogP contribution in [0.2, 0.25) is 0 Å². The number of nitrogens with one attached hydrogen (secondary N) is 1. The Morgan fingerprint density at radius 3 is 2.65 bits per heavy atom. The van der Waals surface area contributed by atoms with Crippen LogP contribution in [-0.4, -0.2) is 11.8 Å². The molecular weight excluding hydrogens is 235 g/mol. The van der Waals surface area contributed by atoms with E-state index in [-0.39, 0.29) is 5.82 Å². The summed E-state index contributed by atoms with van der Waals surface area (Å²) in [4.78, 5) is 1.10. The third kappa shape index (κ3) is 4.66. The van der Waals surface area contributed by atoms with Crippen LogP contribution in [0.25, 0.3) is 0 Å². The van der Waals surface area contributed by atoms with Gasteiger partial charge < -0.3 is 0 Å². The minimum absolute atomic E-state index is 0.184. The second-order valence-corrected chi connectivity index (χ2v) is 5.74. The molecule has 1 atom stereocenters. The van der Waals surface area contributed by atoms with Gasteiger partial charge in [-0.15, -0.1) is 11.8 Å². The average Bonchev–Trinajstić information content (AvgIpc) is 3.15. The van der Waals surface area contributed by atoms with Gasteiger partial charge in [0.1, 0.15) is 5.82 Å². The van der Waals surface area contributed by atoms with Crippen LogP contribution in [0.5, 0.6) is 0 Å². The molecule has 17 heavy (non-hydrogen) atoms. The van der Waals surface area contributed by atoms with Crippen molar-refractivity contribution >= 4 is 11.8 Å². The predicted molar refractivity (Wildman–Crippen MR) is 70.2 cm³/mol. The van der Waals surface area contributed by atoms with E-state index in [0.29, 0.717) is 6.04 Å². The van der Waals surface area contributed by atoms with Gasteiger partial charge in [0.05, 0.1) is 0 Å². The molecule has 1 saturated carbocycles. The Bertz CT molecular complexity index is 338. The van der Waals surface area contributed by atoms with Gasteiger partial charge in [0.15, 0.2) is 0 Å². The lowest BCUT2D eigenvalue weighted by Gasteiger charge is -2.15. The highest BCUT2D eigenvalue weighted by Gasteiger charge is 2.22. The van der Waals surface area contributed by atoms with E-state index in [1.54, 1.807) is 11.8 Å². The highest BCUT2D eigenvalue weighted by Crippen LogP contribution is 2.34. The average molecular weight is 254 g/mol. The van der Waals surface area contributed by atoms with E-state index in [4.69, 9.17) is 5.84 Å². The highest BCUT2D eigenvalue weighted by molar-refractivity contribution is 7.99. The van der Waals surface area contributed by atoms with Crippen molar-refractivity contribution in [3.8, 4) is 0 Å². The summed E-state index contributed by atoms with van der Waals surface area (Å²) >= 11 is 1.72. The van der Waals surface area contributed by atoms with E-state index < -0.39 is 0 Å². The SMILES string of the molecule is NNC(CCC1CC1)CSc1ccc(F)cc1. The Hall–Kier alpha value is -0.580. The summed E-state index contributed by atoms with van der Waals surface area (Å²) in [5, 5.41) is 0. The van der Waals surface area contributed by atoms with Crippen molar-refractivity contribution in [2.45, 2.75) is 36.6 Å². The van der Waals surface area contributed by atoms with Gasteiger partial charge in [-0.2, -0.15) is 0 Å². The Kier molecular flexibility index (Phi) is 4.83. The zero-order valence-corrected chi connectivity index (χ0v) is 10.7. The molecule has 0 radical (unpaired) electrons. The highest BCUT2D eigenvalue weighted by atomic mass is 32.2. The van der Waals surface area contributed by atoms with Gasteiger partial charge in [0.2, 0.25) is 0 Å². The summed E-state index contributed by atoms with van der Waals surface area (Å²) in [6.07, 6.45) is 5.19. The first-order valence-electron chi connectivity index (χ1n) is 6.12. The van der Waals surface area contributed by atoms with Crippen LogP contribution < -0.4 is 11.3 Å². The lowest BCUT2D eigenvalue weighted by atomic mass is 10.1. The largest absolute Gasteiger partial charge is 0.271 e. The lowest BCUT2D eigenvalue weighted by Crippen LogP contribution is -2.37. The number of rotatable bonds is 7. The fraction of sp³-hybridized carbons (Fsp3) is 0.538. The molecule has 1 unspecified atom stereocenters. The fourth-order valence-corrected chi connectivity index (χ4v) is 2.77. The van der Waals surface area contributed by atoms with E-state index in [1.807, 2.05) is 12.1 Å². The normalized spacial score (nSPS) is 17.1. The molecule has 0 bridgehead atoms. The van der Waals surface area contributed by atoms with E-state index >= 15 is 0 Å². The zero-order valence-electron chi connectivity index (χ0n) is 9.86. The second-order valence-electron chi connectivity index (χ2n) is 4.65. The van der Waals surface area contributed by atoms with E-state index in [9.17, 15) is 4.39 Å². The molecule has 94 valence electrons. The molecule has 1 aliphatic rings. The molecule has 0 heterocycles. The molecule has 1 aliphatic carbocycles. The van der Waals surface area contributed by atoms with E-state index in [2.05, 4.69) is 5.43 Å². The monoisotopic (exact) mass is 254 g/mol. The molecule has 0 aromatic heterocycles. The Balaban J connectivity index is 1.72. The van der Waals surface area contributed by atoms with Crippen molar-refractivity contribution in [1.29, 1.82) is 0 Å². The quantitative estimate of drug-likeness (QED) is 0.446. The molecule has 0 saturated heterocycles. The Morgan fingerprint density at radius 1 is 1.35 bits per heavy atom. The molecule has 1 aromatic rings. The maximum absolute atomic E-state index is 12.7. The van der Waals surface area contributed by atoms with Crippen molar-refractivity contribution in [2.75, 3.05) is 5.75 Å². The molecule has 2 rings (SSSR count). The Labute approximate surface area is 106 Å². The molecule has 3 N–H and O–H groups in total. The molecule has 0 amide bonds. The summed E-state index contributed by atoms with van der Waals surface area (Å²) in [5.74, 6) is 7.25. The zero-order chi connectivity index (χ0) is 12.1. The van der Waals surface area contributed by atoms with Crippen LogP contribution in [0.3, 0.4) is 0 Å². The minimum Gasteiger partial charge on any atom is -0.271 e. The third-order valence-corrected chi connectivity index (χ3v) is 4.30. The van der Waals surface area contributed by atoms with Gasteiger partial charge in [-0.25, -0.2) is 4.39 Å². The molecule has 2 nitrogen and oxygen atoms in total. The number of benzene rings is 1. The van der Waals surface area contributed by atoms with Crippen LogP contribution in [0.1, 0.15) is 25.7 Å². The van der Waals surface area contributed by atoms with Crippen LogP contribution >= 0.6 is 11.8 Å². The van der Waals surface area contributed by atoms with Crippen molar-refractivity contribution < 1.29 is 4.39 Å². The summed E-state index contributed by atoms with van der Waals surface area (Å²) in [6.45, 7) is 0. The number of thioether (sulfide) groups is 1. The molecule has 1 fully saturated rings. The van der Waals surface area contributed by atoms with Gasteiger partial charge in [-0.1, -0.05) is 12.8 Å². The Morgan fingerprint density at radius 2 is 2.06 bits per heavy atom. The van der Waals surface area contributed by atoms with Crippen molar-refractivity contribution in [3.63, 3.8) is 0 Å². The van der Waals surface area contributed by atoms with Crippen LogP contribution in [0.15, 0.2) is 29.2 Å². The smallest absolute Gasteiger partial charge is 0.123 e. The standard InChI is InChI=1S/C13H19FN2S/c14-11-4-7-13(8-5-11)17-9-12(16-15)6-3-10-1-2-10/h4-5,7-8,10,12,16H,1-3,6,9,15H2. The fourth-order valence-electron chi connectivity index (χ4n) is 1.79. The second kappa shape index (κ2) is 6.38. The van der Waals surface area contributed by atoms with Gasteiger partial charge in [0.25, 0.3) is 0 Å². The first-order valence-corrected chi connectivity index (χ1v) is 7.11. The van der Waals surface area contributed by atoms with Gasteiger partial charge in [-0.3, -0.25) is 11.3 Å². The van der Waals surface area contributed by atoms with Crippen LogP contribution in [0, 0.1) is 11.7 Å². The minimum atomic E-state index is -0.184. The van der Waals surface area contributed by atoms with Crippen molar-refractivity contribution in [3.05, 3.63) is 30.1 Å². The van der Waals surface area contributed by atoms with Crippen molar-refractivity contribution in [1.82, 2.24) is 5.43 Å². The number of nitrogens with two attached hydrogens (primary N) is 1. The number of halogens is 1. The maximum Gasteiger partial charge on any atom is 0.123 e. The molecule has 1 aromatic carbocycles. The number of hydrogen-bond acceptors (Lipinski definition) is 3. The van der Waals surface area contributed by atoms with Gasteiger partial charge in [-0.05, 0) is 43.0 Å².